The van der Waals surface area contributed by atoms with Crippen molar-refractivity contribution < 1.29 is 19.4 Å². The first kappa shape index (κ1) is 23.5. The molecule has 1 saturated heterocycles. The van der Waals surface area contributed by atoms with Gasteiger partial charge in [-0.1, -0.05) is 28.1 Å². The van der Waals surface area contributed by atoms with Gasteiger partial charge in [-0.2, -0.15) is 0 Å². The number of β-amino-alcohol motifs (C(OH)–C–C–N with tert-alkyl or cyclic N) is 1. The lowest BCUT2D eigenvalue weighted by molar-refractivity contribution is -0.114. The molecule has 0 radical (unpaired) electrons. The Kier molecular flexibility index (Phi) is 9.14. The number of para-hydroxylation sites is 2. The Morgan fingerprint density at radius 2 is 1.81 bits per heavy atom. The van der Waals surface area contributed by atoms with E-state index in [1.807, 2.05) is 48.5 Å². The van der Waals surface area contributed by atoms with Crippen LogP contribution in [0.25, 0.3) is 0 Å². The highest BCUT2D eigenvalue weighted by Crippen LogP contribution is 2.26. The fourth-order valence-electron chi connectivity index (χ4n) is 3.54. The van der Waals surface area contributed by atoms with Gasteiger partial charge in [0, 0.05) is 44.1 Å². The monoisotopic (exact) mass is 491 g/mol. The molecule has 2 N–H and O–H groups in total. The van der Waals surface area contributed by atoms with E-state index in [9.17, 15) is 9.90 Å². The quantitative estimate of drug-likeness (QED) is 0.497. The highest BCUT2D eigenvalue weighted by atomic mass is 79.9. The molecular weight excluding hydrogens is 462 g/mol. The van der Waals surface area contributed by atoms with Crippen LogP contribution in [0, 0.1) is 0 Å². The van der Waals surface area contributed by atoms with Gasteiger partial charge in [-0.3, -0.25) is 9.69 Å². The molecule has 7 nitrogen and oxygen atoms in total. The number of piperazine rings is 1. The molecule has 3 rings (SSSR count). The maximum Gasteiger partial charge on any atom is 0.221 e. The Labute approximate surface area is 192 Å². The first-order valence-corrected chi connectivity index (χ1v) is 11.3. The first-order valence-electron chi connectivity index (χ1n) is 10.5. The van der Waals surface area contributed by atoms with Crippen LogP contribution in [-0.4, -0.2) is 74.6 Å². The Hall–Kier alpha value is -2.13. The zero-order chi connectivity index (χ0) is 22.1. The summed E-state index contributed by atoms with van der Waals surface area (Å²) >= 11 is 3.39. The van der Waals surface area contributed by atoms with Gasteiger partial charge >= 0.3 is 0 Å². The van der Waals surface area contributed by atoms with Crippen molar-refractivity contribution in [3.63, 3.8) is 0 Å². The van der Waals surface area contributed by atoms with Crippen molar-refractivity contribution in [1.29, 1.82) is 0 Å². The number of hydrogen-bond acceptors (Lipinski definition) is 6. The summed E-state index contributed by atoms with van der Waals surface area (Å²) in [6, 6.07) is 15.5. The predicted molar refractivity (Wildman–Crippen MR) is 126 cm³/mol. The number of benzene rings is 2. The van der Waals surface area contributed by atoms with Gasteiger partial charge in [-0.15, -0.1) is 0 Å². The van der Waals surface area contributed by atoms with Gasteiger partial charge in [0.2, 0.25) is 5.91 Å². The van der Waals surface area contributed by atoms with Crippen LogP contribution in [0.5, 0.6) is 5.75 Å². The molecule has 1 heterocycles. The molecule has 1 unspecified atom stereocenters. The molecule has 31 heavy (non-hydrogen) atoms. The molecule has 168 valence electrons. The summed E-state index contributed by atoms with van der Waals surface area (Å²) in [5, 5.41) is 13.2. The summed E-state index contributed by atoms with van der Waals surface area (Å²) < 4.78 is 12.2. The minimum absolute atomic E-state index is 0.0727. The molecular formula is C23H30BrN3O4. The van der Waals surface area contributed by atoms with Crippen molar-refractivity contribution in [3.05, 3.63) is 53.0 Å². The summed E-state index contributed by atoms with van der Waals surface area (Å²) in [5.74, 6) is 0.724. The molecule has 1 aliphatic rings. The minimum Gasteiger partial charge on any atom is -0.491 e. The van der Waals surface area contributed by atoms with E-state index < -0.39 is 6.10 Å². The Morgan fingerprint density at radius 1 is 1.10 bits per heavy atom. The number of carbonyl (C=O) groups excluding carboxylic acids is 1. The predicted octanol–water partition coefficient (Wildman–Crippen LogP) is 2.99. The number of halogens is 1. The maximum atomic E-state index is 11.4. The van der Waals surface area contributed by atoms with Gasteiger partial charge in [-0.25, -0.2) is 0 Å². The molecule has 8 heteroatoms. The highest BCUT2D eigenvalue weighted by molar-refractivity contribution is 9.10. The molecule has 1 amide bonds. The summed E-state index contributed by atoms with van der Waals surface area (Å²) in [6.07, 6.45) is -0.536. The largest absolute Gasteiger partial charge is 0.491 e. The van der Waals surface area contributed by atoms with Crippen molar-refractivity contribution in [2.75, 3.05) is 62.8 Å². The van der Waals surface area contributed by atoms with Crippen LogP contribution >= 0.6 is 15.9 Å². The van der Waals surface area contributed by atoms with Gasteiger partial charge in [0.05, 0.1) is 30.7 Å². The fraction of sp³-hybridized carbons (Fsp3) is 0.435. The average Bonchev–Trinajstić information content (AvgIpc) is 2.75. The van der Waals surface area contributed by atoms with Crippen molar-refractivity contribution in [2.24, 2.45) is 0 Å². The Bertz CT molecular complexity index is 826. The maximum absolute atomic E-state index is 11.4. The molecule has 0 aliphatic carbocycles. The van der Waals surface area contributed by atoms with Crippen molar-refractivity contribution in [2.45, 2.75) is 13.0 Å². The fourth-order valence-corrected chi connectivity index (χ4v) is 3.80. The van der Waals surface area contributed by atoms with Crippen LogP contribution in [0.1, 0.15) is 6.92 Å². The van der Waals surface area contributed by atoms with E-state index in [0.717, 1.165) is 47.8 Å². The number of hydrogen-bond donors (Lipinski definition) is 2. The van der Waals surface area contributed by atoms with Crippen molar-refractivity contribution in [1.82, 2.24) is 4.90 Å². The van der Waals surface area contributed by atoms with Gasteiger partial charge in [0.25, 0.3) is 0 Å². The number of anilines is 2. The first-order chi connectivity index (χ1) is 15.0. The SMILES string of the molecule is CC(=O)Nc1ccccc1N1CCN(CC(O)COCCOc2ccc(Br)cc2)CC1. The van der Waals surface area contributed by atoms with Gasteiger partial charge in [-0.05, 0) is 36.4 Å². The number of rotatable bonds is 10. The standard InChI is InChI=1S/C23H30BrN3O4/c1-18(28)25-22-4-2-3-5-23(22)27-12-10-26(11-13-27)16-20(29)17-30-14-15-31-21-8-6-19(24)7-9-21/h2-9,20,29H,10-17H2,1H3,(H,25,28). The van der Waals surface area contributed by atoms with Gasteiger partial charge < -0.3 is 24.8 Å². The number of nitrogens with one attached hydrogen (secondary N) is 1. The molecule has 0 bridgehead atoms. The molecule has 2 aromatic rings. The van der Waals surface area contributed by atoms with E-state index >= 15 is 0 Å². The smallest absolute Gasteiger partial charge is 0.221 e. The second-order valence-electron chi connectivity index (χ2n) is 7.52. The molecule has 1 fully saturated rings. The number of nitrogens with zero attached hydrogens (tertiary/aromatic N) is 2. The molecule has 1 aliphatic heterocycles. The summed E-state index contributed by atoms with van der Waals surface area (Å²) in [5.41, 5.74) is 1.87. The average molecular weight is 492 g/mol. The number of amides is 1. The van der Waals surface area contributed by atoms with Crippen LogP contribution in [0.15, 0.2) is 53.0 Å². The zero-order valence-corrected chi connectivity index (χ0v) is 19.4. The Balaban J connectivity index is 1.33. The second-order valence-corrected chi connectivity index (χ2v) is 8.43. The van der Waals surface area contributed by atoms with Crippen molar-refractivity contribution >= 4 is 33.2 Å². The number of aliphatic hydroxyl groups excluding tert-OH is 1. The van der Waals surface area contributed by atoms with E-state index in [1.54, 1.807) is 0 Å². The third kappa shape index (κ3) is 7.81. The molecule has 0 aromatic heterocycles. The zero-order valence-electron chi connectivity index (χ0n) is 17.8. The van der Waals surface area contributed by atoms with Gasteiger partial charge in [0.15, 0.2) is 0 Å². The summed E-state index contributed by atoms with van der Waals surface area (Å²) in [6.45, 7) is 6.63. The summed E-state index contributed by atoms with van der Waals surface area (Å²) in [4.78, 5) is 16.0. The number of aliphatic hydroxyl groups is 1. The highest BCUT2D eigenvalue weighted by Gasteiger charge is 2.21. The van der Waals surface area contributed by atoms with E-state index in [-0.39, 0.29) is 12.5 Å². The lowest BCUT2D eigenvalue weighted by atomic mass is 10.2. The molecule has 0 saturated carbocycles. The number of carbonyl (C=O) groups is 1. The molecule has 1 atom stereocenters. The van der Waals surface area contributed by atoms with Crippen LogP contribution in [0.3, 0.4) is 0 Å². The summed E-state index contributed by atoms with van der Waals surface area (Å²) in [7, 11) is 0. The number of ether oxygens (including phenoxy) is 2. The third-order valence-corrected chi connectivity index (χ3v) is 5.55. The van der Waals surface area contributed by atoms with Gasteiger partial charge in [0.1, 0.15) is 12.4 Å². The molecule has 2 aromatic carbocycles. The van der Waals surface area contributed by atoms with E-state index in [1.165, 1.54) is 6.92 Å². The van der Waals surface area contributed by atoms with Crippen LogP contribution in [-0.2, 0) is 9.53 Å². The van der Waals surface area contributed by atoms with Crippen LogP contribution < -0.4 is 15.0 Å². The topological polar surface area (TPSA) is 74.3 Å². The Morgan fingerprint density at radius 3 is 2.52 bits per heavy atom. The lowest BCUT2D eigenvalue weighted by Gasteiger charge is -2.37. The van der Waals surface area contributed by atoms with Crippen molar-refractivity contribution in [3.8, 4) is 5.75 Å². The minimum atomic E-state index is -0.536. The normalized spacial score (nSPS) is 15.5. The third-order valence-electron chi connectivity index (χ3n) is 5.02. The van der Waals surface area contributed by atoms with E-state index in [4.69, 9.17) is 9.47 Å². The van der Waals surface area contributed by atoms with E-state index in [0.29, 0.717) is 19.8 Å². The van der Waals surface area contributed by atoms with Crippen LogP contribution in [0.4, 0.5) is 11.4 Å². The lowest BCUT2D eigenvalue weighted by Crippen LogP contribution is -2.49. The van der Waals surface area contributed by atoms with E-state index in [2.05, 4.69) is 31.0 Å². The molecule has 0 spiro atoms. The second kappa shape index (κ2) is 12.0. The van der Waals surface area contributed by atoms with Crippen LogP contribution in [0.2, 0.25) is 0 Å².